The van der Waals surface area contributed by atoms with E-state index in [-0.39, 0.29) is 17.2 Å². The average molecular weight is 391 g/mol. The first kappa shape index (κ1) is 23.8. The molecule has 0 radical (unpaired) electrons. The predicted octanol–water partition coefficient (Wildman–Crippen LogP) is 6.30. The van der Waals surface area contributed by atoms with Gasteiger partial charge >= 0.3 is 0 Å². The van der Waals surface area contributed by atoms with Gasteiger partial charge in [0.25, 0.3) is 0 Å². The molecule has 0 aromatic heterocycles. The number of unbranched alkanes of at least 4 members (excludes halogenated alkanes) is 1. The third-order valence-corrected chi connectivity index (χ3v) is 9.77. The molecule has 0 heterocycles. The highest BCUT2D eigenvalue weighted by atomic mass is 28.4. The van der Waals surface area contributed by atoms with Crippen LogP contribution in [0.5, 0.6) is 0 Å². The highest BCUT2D eigenvalue weighted by Gasteiger charge is 2.39. The van der Waals surface area contributed by atoms with E-state index in [1.54, 1.807) is 0 Å². The van der Waals surface area contributed by atoms with Crippen molar-refractivity contribution in [3.05, 3.63) is 48.0 Å². The number of rotatable bonds is 12. The first-order valence-electron chi connectivity index (χ1n) is 10.1. The van der Waals surface area contributed by atoms with E-state index in [1.807, 2.05) is 18.2 Å². The lowest BCUT2D eigenvalue weighted by Crippen LogP contribution is -2.44. The summed E-state index contributed by atoms with van der Waals surface area (Å²) in [5.41, 5.74) is 1.16. The standard InChI is InChI=1S/C23H38O3Si/c1-7-8-10-15-21(25-19-20-13-11-9-12-14-20)18-22(16-17-24)26-27(5,6)23(2,3)4/h9-15,17,21-22H,7-8,16,18-19H2,1-6H3/b15-10-/t21-,22+/m1/s1. The maximum Gasteiger partial charge on any atom is 0.192 e. The average Bonchev–Trinajstić information content (AvgIpc) is 2.59. The van der Waals surface area contributed by atoms with Crippen molar-refractivity contribution in [2.75, 3.05) is 0 Å². The molecule has 0 fully saturated rings. The summed E-state index contributed by atoms with van der Waals surface area (Å²) in [6.45, 7) is 13.9. The van der Waals surface area contributed by atoms with Crippen molar-refractivity contribution < 1.29 is 14.0 Å². The molecule has 0 saturated heterocycles. The number of hydrogen-bond acceptors (Lipinski definition) is 3. The van der Waals surface area contributed by atoms with Crippen molar-refractivity contribution in [3.8, 4) is 0 Å². The van der Waals surface area contributed by atoms with Gasteiger partial charge in [-0.2, -0.15) is 0 Å². The van der Waals surface area contributed by atoms with Gasteiger partial charge in [-0.15, -0.1) is 0 Å². The van der Waals surface area contributed by atoms with Crippen LogP contribution in [-0.4, -0.2) is 26.8 Å². The zero-order valence-electron chi connectivity index (χ0n) is 18.0. The van der Waals surface area contributed by atoms with Crippen LogP contribution >= 0.6 is 0 Å². The minimum Gasteiger partial charge on any atom is -0.413 e. The fourth-order valence-electron chi connectivity index (χ4n) is 2.55. The number of carbonyl (C=O) groups excluding carboxylic acids is 1. The number of ether oxygens (including phenoxy) is 1. The summed E-state index contributed by atoms with van der Waals surface area (Å²) in [4.78, 5) is 11.2. The lowest BCUT2D eigenvalue weighted by molar-refractivity contribution is -0.109. The molecule has 0 amide bonds. The van der Waals surface area contributed by atoms with Crippen molar-refractivity contribution in [1.29, 1.82) is 0 Å². The Kier molecular flexibility index (Phi) is 10.2. The SMILES string of the molecule is CCC/C=C\[C@H](C[C@H](CC=O)O[Si](C)(C)C(C)(C)C)OCc1ccccc1. The van der Waals surface area contributed by atoms with Gasteiger partial charge in [-0.3, -0.25) is 0 Å². The summed E-state index contributed by atoms with van der Waals surface area (Å²) in [5, 5.41) is 0.118. The van der Waals surface area contributed by atoms with Crippen LogP contribution < -0.4 is 0 Å². The van der Waals surface area contributed by atoms with Crippen LogP contribution in [0.1, 0.15) is 58.9 Å². The minimum absolute atomic E-state index is 0.0496. The second-order valence-corrected chi connectivity index (χ2v) is 13.4. The lowest BCUT2D eigenvalue weighted by Gasteiger charge is -2.39. The largest absolute Gasteiger partial charge is 0.413 e. The van der Waals surface area contributed by atoms with E-state index in [9.17, 15) is 4.79 Å². The Balaban J connectivity index is 2.82. The zero-order valence-corrected chi connectivity index (χ0v) is 19.0. The van der Waals surface area contributed by atoms with Gasteiger partial charge in [0.05, 0.1) is 18.8 Å². The zero-order chi connectivity index (χ0) is 20.3. The van der Waals surface area contributed by atoms with Crippen molar-refractivity contribution >= 4 is 14.6 Å². The number of benzene rings is 1. The van der Waals surface area contributed by atoms with Crippen LogP contribution in [-0.2, 0) is 20.6 Å². The molecule has 0 unspecified atom stereocenters. The van der Waals surface area contributed by atoms with E-state index in [0.717, 1.165) is 24.7 Å². The van der Waals surface area contributed by atoms with Gasteiger partial charge in [-0.05, 0) is 30.1 Å². The van der Waals surface area contributed by atoms with E-state index >= 15 is 0 Å². The summed E-state index contributed by atoms with van der Waals surface area (Å²) in [7, 11) is -1.94. The predicted molar refractivity (Wildman–Crippen MR) is 116 cm³/mol. The fourth-order valence-corrected chi connectivity index (χ4v) is 3.93. The van der Waals surface area contributed by atoms with E-state index in [0.29, 0.717) is 19.4 Å². The molecule has 1 aromatic carbocycles. The molecule has 4 heteroatoms. The van der Waals surface area contributed by atoms with Crippen molar-refractivity contribution in [2.45, 2.75) is 90.3 Å². The number of carbonyl (C=O) groups is 1. The molecule has 0 saturated carbocycles. The summed E-state index contributed by atoms with van der Waals surface area (Å²) in [6.07, 6.45) is 8.41. The van der Waals surface area contributed by atoms with Crippen LogP contribution in [0.15, 0.2) is 42.5 Å². The van der Waals surface area contributed by atoms with Crippen LogP contribution in [0.4, 0.5) is 0 Å². The van der Waals surface area contributed by atoms with E-state index in [4.69, 9.17) is 9.16 Å². The maximum atomic E-state index is 11.2. The fraction of sp³-hybridized carbons (Fsp3) is 0.609. The highest BCUT2D eigenvalue weighted by molar-refractivity contribution is 6.74. The van der Waals surface area contributed by atoms with Crippen LogP contribution in [0.25, 0.3) is 0 Å². The van der Waals surface area contributed by atoms with Gasteiger partial charge < -0.3 is 14.0 Å². The Morgan fingerprint density at radius 2 is 1.81 bits per heavy atom. The monoisotopic (exact) mass is 390 g/mol. The Hall–Kier alpha value is -1.23. The molecule has 2 atom stereocenters. The quantitative estimate of drug-likeness (QED) is 0.239. The second-order valence-electron chi connectivity index (χ2n) is 8.69. The molecule has 1 aromatic rings. The van der Waals surface area contributed by atoms with E-state index < -0.39 is 8.32 Å². The highest BCUT2D eigenvalue weighted by Crippen LogP contribution is 2.38. The third kappa shape index (κ3) is 9.00. The summed E-state index contributed by atoms with van der Waals surface area (Å²) < 4.78 is 12.7. The molecule has 0 aliphatic rings. The molecule has 0 aliphatic carbocycles. The van der Waals surface area contributed by atoms with E-state index in [2.05, 4.69) is 65.1 Å². The van der Waals surface area contributed by atoms with Crippen molar-refractivity contribution in [1.82, 2.24) is 0 Å². The smallest absolute Gasteiger partial charge is 0.192 e. The molecule has 0 spiro atoms. The van der Waals surface area contributed by atoms with Gasteiger partial charge in [-0.1, -0.05) is 76.6 Å². The molecule has 1 rings (SSSR count). The van der Waals surface area contributed by atoms with Gasteiger partial charge in [0.2, 0.25) is 0 Å². The Labute approximate surface area is 167 Å². The summed E-state index contributed by atoms with van der Waals surface area (Å²) in [6, 6.07) is 10.2. The van der Waals surface area contributed by atoms with Crippen LogP contribution in [0.3, 0.4) is 0 Å². The van der Waals surface area contributed by atoms with Gasteiger partial charge in [0.15, 0.2) is 8.32 Å². The molecular formula is C23H38O3Si. The second kappa shape index (κ2) is 11.6. The number of hydrogen-bond donors (Lipinski definition) is 0. The van der Waals surface area contributed by atoms with Crippen molar-refractivity contribution in [2.24, 2.45) is 0 Å². The molecule has 0 aliphatic heterocycles. The first-order chi connectivity index (χ1) is 12.7. The summed E-state index contributed by atoms with van der Waals surface area (Å²) >= 11 is 0. The van der Waals surface area contributed by atoms with Gasteiger partial charge in [-0.25, -0.2) is 0 Å². The normalized spacial score (nSPS) is 15.0. The molecule has 0 bridgehead atoms. The topological polar surface area (TPSA) is 35.5 Å². The van der Waals surface area contributed by atoms with Gasteiger partial charge in [0.1, 0.15) is 6.29 Å². The number of aldehydes is 1. The van der Waals surface area contributed by atoms with Crippen LogP contribution in [0, 0.1) is 0 Å². The lowest BCUT2D eigenvalue weighted by atomic mass is 10.1. The van der Waals surface area contributed by atoms with Gasteiger partial charge in [0, 0.05) is 12.8 Å². The third-order valence-electron chi connectivity index (χ3n) is 5.23. The number of allylic oxidation sites excluding steroid dienone is 1. The minimum atomic E-state index is -1.94. The molecule has 3 nitrogen and oxygen atoms in total. The van der Waals surface area contributed by atoms with Crippen molar-refractivity contribution in [3.63, 3.8) is 0 Å². The Morgan fingerprint density at radius 1 is 1.15 bits per heavy atom. The van der Waals surface area contributed by atoms with Crippen LogP contribution in [0.2, 0.25) is 18.1 Å². The molecular weight excluding hydrogens is 352 g/mol. The molecule has 152 valence electrons. The summed E-state index contributed by atoms with van der Waals surface area (Å²) in [5.74, 6) is 0. The first-order valence-corrected chi connectivity index (χ1v) is 13.0. The Bertz CT molecular complexity index is 561. The molecule has 0 N–H and O–H groups in total. The Morgan fingerprint density at radius 3 is 2.37 bits per heavy atom. The maximum absolute atomic E-state index is 11.2. The molecule has 27 heavy (non-hydrogen) atoms. The van der Waals surface area contributed by atoms with E-state index in [1.165, 1.54) is 0 Å².